The van der Waals surface area contributed by atoms with Gasteiger partial charge in [-0.15, -0.1) is 0 Å². The minimum atomic E-state index is 0.174. The van der Waals surface area contributed by atoms with E-state index in [-0.39, 0.29) is 17.7 Å². The van der Waals surface area contributed by atoms with Gasteiger partial charge in [-0.1, -0.05) is 57.2 Å². The van der Waals surface area contributed by atoms with E-state index in [1.807, 2.05) is 28.8 Å². The Hall–Kier alpha value is -2.45. The van der Waals surface area contributed by atoms with Crippen LogP contribution in [0.1, 0.15) is 111 Å². The van der Waals surface area contributed by atoms with E-state index in [1.54, 1.807) is 0 Å². The molecule has 44 heavy (non-hydrogen) atoms. The van der Waals surface area contributed by atoms with Crippen molar-refractivity contribution in [2.75, 3.05) is 66.5 Å². The molecule has 0 fully saturated rings. The van der Waals surface area contributed by atoms with Crippen LogP contribution in [-0.4, -0.2) is 98.9 Å². The van der Waals surface area contributed by atoms with Crippen molar-refractivity contribution in [1.82, 2.24) is 25.3 Å². The number of allylic oxidation sites excluding steroid dienone is 6. The average Bonchev–Trinajstić information content (AvgIpc) is 3.02. The van der Waals surface area contributed by atoms with E-state index in [0.29, 0.717) is 38.9 Å². The summed E-state index contributed by atoms with van der Waals surface area (Å²) in [6.07, 6.45) is 23.8. The molecule has 0 spiro atoms. The third-order valence-electron chi connectivity index (χ3n) is 7.51. The zero-order chi connectivity index (χ0) is 32.7. The van der Waals surface area contributed by atoms with Gasteiger partial charge in [-0.05, 0) is 97.8 Å². The molecule has 0 aromatic heterocycles. The van der Waals surface area contributed by atoms with E-state index in [1.165, 1.54) is 0 Å². The molecule has 3 amide bonds. The highest BCUT2D eigenvalue weighted by Gasteiger charge is 2.17. The van der Waals surface area contributed by atoms with Crippen LogP contribution < -0.4 is 10.6 Å². The van der Waals surface area contributed by atoms with Gasteiger partial charge < -0.3 is 25.3 Å². The van der Waals surface area contributed by atoms with Gasteiger partial charge in [0.15, 0.2) is 0 Å². The molecule has 0 aliphatic rings. The summed E-state index contributed by atoms with van der Waals surface area (Å²) in [6.45, 7) is 12.3. The van der Waals surface area contributed by atoms with Crippen molar-refractivity contribution in [1.29, 1.82) is 0 Å². The first-order chi connectivity index (χ1) is 21.4. The van der Waals surface area contributed by atoms with Crippen LogP contribution in [0.25, 0.3) is 0 Å². The van der Waals surface area contributed by atoms with Crippen molar-refractivity contribution in [3.8, 4) is 0 Å². The number of carbonyl (C=O) groups is 3. The molecule has 0 bridgehead atoms. The van der Waals surface area contributed by atoms with E-state index < -0.39 is 0 Å². The molecule has 0 atom stereocenters. The maximum absolute atomic E-state index is 13.2. The Balaban J connectivity index is 5.18. The van der Waals surface area contributed by atoms with Crippen LogP contribution in [0.2, 0.25) is 0 Å². The van der Waals surface area contributed by atoms with Gasteiger partial charge in [-0.25, -0.2) is 0 Å². The van der Waals surface area contributed by atoms with Crippen molar-refractivity contribution in [2.45, 2.75) is 111 Å². The maximum Gasteiger partial charge on any atom is 0.222 e. The van der Waals surface area contributed by atoms with E-state index in [9.17, 15) is 14.4 Å². The van der Waals surface area contributed by atoms with Gasteiger partial charge in [0, 0.05) is 58.5 Å². The fourth-order valence-corrected chi connectivity index (χ4v) is 4.98. The number of nitrogens with one attached hydrogen (secondary N) is 2. The van der Waals surface area contributed by atoms with Crippen LogP contribution in [0.5, 0.6) is 0 Å². The second-order valence-electron chi connectivity index (χ2n) is 11.4. The second-order valence-corrected chi connectivity index (χ2v) is 11.4. The van der Waals surface area contributed by atoms with Crippen LogP contribution in [0.15, 0.2) is 36.5 Å². The molecule has 0 unspecified atom stereocenters. The molecule has 8 nitrogen and oxygen atoms in total. The number of rotatable bonds is 29. The summed E-state index contributed by atoms with van der Waals surface area (Å²) in [4.78, 5) is 45.1. The SMILES string of the molecule is CC/C=C\CCC(=O)N(CCCCN(CCCN(CCCNC)C(=O)CC/C=C\CC)C(=O)CC/C=C\CC)CCCNC. The summed E-state index contributed by atoms with van der Waals surface area (Å²) < 4.78 is 0. The van der Waals surface area contributed by atoms with Crippen molar-refractivity contribution in [2.24, 2.45) is 0 Å². The number of hydrogen-bond acceptors (Lipinski definition) is 5. The minimum absolute atomic E-state index is 0.174. The molecular weight excluding hydrogens is 550 g/mol. The Bertz CT molecular complexity index is 812. The monoisotopic (exact) mass is 618 g/mol. The summed E-state index contributed by atoms with van der Waals surface area (Å²) in [6, 6.07) is 0. The minimum Gasteiger partial charge on any atom is -0.343 e. The van der Waals surface area contributed by atoms with E-state index in [0.717, 1.165) is 103 Å². The lowest BCUT2D eigenvalue weighted by Gasteiger charge is -2.27. The Morgan fingerprint density at radius 1 is 0.455 bits per heavy atom. The quantitative estimate of drug-likeness (QED) is 0.0783. The van der Waals surface area contributed by atoms with Crippen LogP contribution >= 0.6 is 0 Å². The topological polar surface area (TPSA) is 85.0 Å². The number of unbranched alkanes of at least 4 members (excludes halogenated alkanes) is 1. The highest BCUT2D eigenvalue weighted by Crippen LogP contribution is 2.09. The van der Waals surface area contributed by atoms with Crippen molar-refractivity contribution in [3.05, 3.63) is 36.5 Å². The molecule has 0 radical (unpaired) electrons. The lowest BCUT2D eigenvalue weighted by molar-refractivity contribution is -0.133. The summed E-state index contributed by atoms with van der Waals surface area (Å²) in [5, 5.41) is 6.35. The Morgan fingerprint density at radius 3 is 1.05 bits per heavy atom. The third kappa shape index (κ3) is 23.0. The Labute approximate surface area is 270 Å². The molecule has 0 rings (SSSR count). The lowest BCUT2D eigenvalue weighted by atomic mass is 10.2. The molecule has 0 aromatic rings. The fourth-order valence-electron chi connectivity index (χ4n) is 4.98. The van der Waals surface area contributed by atoms with Crippen molar-refractivity contribution < 1.29 is 14.4 Å². The molecule has 0 aliphatic heterocycles. The molecule has 8 heteroatoms. The fraction of sp³-hybridized carbons (Fsp3) is 0.750. The molecule has 0 aromatic carbocycles. The van der Waals surface area contributed by atoms with Crippen LogP contribution in [0.3, 0.4) is 0 Å². The van der Waals surface area contributed by atoms with Gasteiger partial charge in [0.2, 0.25) is 17.7 Å². The Morgan fingerprint density at radius 2 is 0.750 bits per heavy atom. The predicted molar refractivity (Wildman–Crippen MR) is 187 cm³/mol. The van der Waals surface area contributed by atoms with Gasteiger partial charge in [-0.2, -0.15) is 0 Å². The van der Waals surface area contributed by atoms with Crippen LogP contribution in [0, 0.1) is 0 Å². The highest BCUT2D eigenvalue weighted by atomic mass is 16.2. The standard InChI is InChI=1S/C36H67N5O3/c1-6-9-12-15-23-34(42)39(30-20-26-37-4)28-18-19-29-40(35(43)24-16-13-10-7-2)32-22-33-41(31-21-27-38-5)36(44)25-17-14-11-8-3/h9-14,37-38H,6-8,15-33H2,1-5H3/b12-9-,13-10-,14-11-. The summed E-state index contributed by atoms with van der Waals surface area (Å²) in [7, 11) is 3.87. The van der Waals surface area contributed by atoms with Crippen LogP contribution in [-0.2, 0) is 14.4 Å². The summed E-state index contributed by atoms with van der Waals surface area (Å²) in [5.74, 6) is 0.580. The smallest absolute Gasteiger partial charge is 0.222 e. The van der Waals surface area contributed by atoms with E-state index in [2.05, 4.69) is 67.9 Å². The summed E-state index contributed by atoms with van der Waals surface area (Å²) >= 11 is 0. The first-order valence-electron chi connectivity index (χ1n) is 17.5. The van der Waals surface area contributed by atoms with E-state index >= 15 is 0 Å². The highest BCUT2D eigenvalue weighted by molar-refractivity contribution is 5.77. The van der Waals surface area contributed by atoms with Gasteiger partial charge in [-0.3, -0.25) is 14.4 Å². The first-order valence-corrected chi connectivity index (χ1v) is 17.5. The van der Waals surface area contributed by atoms with Crippen molar-refractivity contribution >= 4 is 17.7 Å². The summed E-state index contributed by atoms with van der Waals surface area (Å²) in [5.41, 5.74) is 0. The normalized spacial score (nSPS) is 11.7. The zero-order valence-electron chi connectivity index (χ0n) is 29.1. The number of nitrogens with zero attached hydrogens (tertiary/aromatic N) is 3. The molecule has 0 saturated heterocycles. The van der Waals surface area contributed by atoms with Gasteiger partial charge in [0.25, 0.3) is 0 Å². The molecule has 0 saturated carbocycles. The van der Waals surface area contributed by atoms with Gasteiger partial charge in [0.1, 0.15) is 0 Å². The van der Waals surface area contributed by atoms with Crippen LogP contribution in [0.4, 0.5) is 0 Å². The number of carbonyl (C=O) groups excluding carboxylic acids is 3. The molecule has 2 N–H and O–H groups in total. The van der Waals surface area contributed by atoms with Gasteiger partial charge >= 0.3 is 0 Å². The predicted octanol–water partition coefficient (Wildman–Crippen LogP) is 6.10. The zero-order valence-corrected chi connectivity index (χ0v) is 29.1. The van der Waals surface area contributed by atoms with Gasteiger partial charge in [0.05, 0.1) is 0 Å². The maximum atomic E-state index is 13.2. The average molecular weight is 618 g/mol. The van der Waals surface area contributed by atoms with Crippen molar-refractivity contribution in [3.63, 3.8) is 0 Å². The lowest BCUT2D eigenvalue weighted by Crippen LogP contribution is -2.38. The number of hydrogen-bond donors (Lipinski definition) is 2. The molecule has 0 aliphatic carbocycles. The largest absolute Gasteiger partial charge is 0.343 e. The molecule has 254 valence electrons. The first kappa shape index (κ1) is 41.5. The molecule has 0 heterocycles. The van der Waals surface area contributed by atoms with E-state index in [4.69, 9.17) is 0 Å². The Kier molecular flexibility index (Phi) is 28.9. The molecular formula is C36H67N5O3. The second kappa shape index (κ2) is 30.6. The third-order valence-corrected chi connectivity index (χ3v) is 7.51. The number of amides is 3.